The van der Waals surface area contributed by atoms with Crippen molar-refractivity contribution in [3.8, 4) is 5.75 Å². The monoisotopic (exact) mass is 424 g/mol. The average Bonchev–Trinajstić information content (AvgIpc) is 2.82. The molecule has 5 nitrogen and oxygen atoms in total. The third kappa shape index (κ3) is 5.52. The molecule has 0 saturated carbocycles. The fourth-order valence-corrected chi connectivity index (χ4v) is 3.32. The van der Waals surface area contributed by atoms with Gasteiger partial charge in [0.2, 0.25) is 0 Å². The summed E-state index contributed by atoms with van der Waals surface area (Å²) in [6, 6.07) is 28.5. The summed E-state index contributed by atoms with van der Waals surface area (Å²) in [6.07, 6.45) is 0. The first-order valence-electron chi connectivity index (χ1n) is 10.4. The number of aryl methyl sites for hydroxylation is 1. The summed E-state index contributed by atoms with van der Waals surface area (Å²) >= 11 is 0. The quantitative estimate of drug-likeness (QED) is 0.434. The molecule has 0 unspecified atom stereocenters. The normalized spacial score (nSPS) is 10.5. The Hall–Kier alpha value is -4.12. The summed E-state index contributed by atoms with van der Waals surface area (Å²) in [5.74, 6) is 0.266. The molecule has 0 bridgehead atoms. The lowest BCUT2D eigenvalue weighted by Crippen LogP contribution is -2.28. The van der Waals surface area contributed by atoms with Gasteiger partial charge in [-0.05, 0) is 59.7 Å². The van der Waals surface area contributed by atoms with Crippen molar-refractivity contribution in [2.24, 2.45) is 0 Å². The van der Waals surface area contributed by atoms with Crippen LogP contribution in [0.1, 0.15) is 21.5 Å². The van der Waals surface area contributed by atoms with E-state index in [2.05, 4.69) is 10.6 Å². The van der Waals surface area contributed by atoms with Crippen LogP contribution in [-0.4, -0.2) is 18.4 Å². The van der Waals surface area contributed by atoms with Gasteiger partial charge in [0.05, 0.1) is 0 Å². The van der Waals surface area contributed by atoms with Crippen molar-refractivity contribution in [1.29, 1.82) is 0 Å². The van der Waals surface area contributed by atoms with E-state index in [1.54, 1.807) is 12.1 Å². The molecule has 2 N–H and O–H groups in total. The molecule has 0 saturated heterocycles. The Labute approximate surface area is 187 Å². The smallest absolute Gasteiger partial charge is 0.258 e. The molecule has 4 aromatic rings. The topological polar surface area (TPSA) is 67.4 Å². The third-order valence-electron chi connectivity index (χ3n) is 5.08. The second kappa shape index (κ2) is 9.79. The van der Waals surface area contributed by atoms with Crippen molar-refractivity contribution in [3.63, 3.8) is 0 Å². The molecule has 32 heavy (non-hydrogen) atoms. The van der Waals surface area contributed by atoms with Crippen LogP contribution in [0.4, 0.5) is 5.69 Å². The van der Waals surface area contributed by atoms with Gasteiger partial charge in [-0.1, -0.05) is 60.2 Å². The molecular formula is C27H24N2O3. The minimum atomic E-state index is -0.216. The van der Waals surface area contributed by atoms with Gasteiger partial charge in [0.15, 0.2) is 6.61 Å². The molecule has 0 aliphatic rings. The van der Waals surface area contributed by atoms with Gasteiger partial charge in [-0.2, -0.15) is 0 Å². The highest BCUT2D eigenvalue weighted by Gasteiger charge is 2.07. The minimum Gasteiger partial charge on any atom is -0.484 e. The van der Waals surface area contributed by atoms with Gasteiger partial charge < -0.3 is 15.4 Å². The van der Waals surface area contributed by atoms with Crippen LogP contribution in [0.25, 0.3) is 10.8 Å². The zero-order valence-corrected chi connectivity index (χ0v) is 17.8. The zero-order valence-electron chi connectivity index (χ0n) is 17.8. The summed E-state index contributed by atoms with van der Waals surface area (Å²) in [5.41, 5.74) is 3.25. The molecule has 0 spiro atoms. The van der Waals surface area contributed by atoms with Crippen molar-refractivity contribution in [2.45, 2.75) is 13.5 Å². The van der Waals surface area contributed by atoms with Gasteiger partial charge in [-0.3, -0.25) is 9.59 Å². The first-order chi connectivity index (χ1) is 15.6. The highest BCUT2D eigenvalue weighted by atomic mass is 16.5. The van der Waals surface area contributed by atoms with Crippen LogP contribution in [-0.2, 0) is 11.3 Å². The average molecular weight is 425 g/mol. The number of nitrogens with one attached hydrogen (secondary N) is 2. The van der Waals surface area contributed by atoms with Crippen LogP contribution in [0.15, 0.2) is 91.0 Å². The Morgan fingerprint density at radius 2 is 1.59 bits per heavy atom. The number of benzene rings is 4. The van der Waals surface area contributed by atoms with E-state index < -0.39 is 0 Å². The van der Waals surface area contributed by atoms with Gasteiger partial charge in [-0.25, -0.2) is 0 Å². The number of carbonyl (C=O) groups is 2. The summed E-state index contributed by atoms with van der Waals surface area (Å²) < 4.78 is 5.63. The second-order valence-electron chi connectivity index (χ2n) is 7.59. The lowest BCUT2D eigenvalue weighted by Gasteiger charge is -2.10. The molecule has 5 heteroatoms. The number of fused-ring (bicyclic) bond motifs is 1. The molecule has 160 valence electrons. The largest absolute Gasteiger partial charge is 0.484 e. The Kier molecular flexibility index (Phi) is 6.46. The van der Waals surface area contributed by atoms with E-state index in [0.717, 1.165) is 21.9 Å². The molecule has 0 radical (unpaired) electrons. The molecule has 0 fully saturated rings. The Morgan fingerprint density at radius 3 is 2.41 bits per heavy atom. The molecule has 0 aromatic heterocycles. The van der Waals surface area contributed by atoms with E-state index in [9.17, 15) is 9.59 Å². The lowest BCUT2D eigenvalue weighted by molar-refractivity contribution is -0.123. The zero-order chi connectivity index (χ0) is 22.3. The van der Waals surface area contributed by atoms with Crippen LogP contribution >= 0.6 is 0 Å². The standard InChI is InChI=1S/C27H24N2O3/c1-19-9-11-22(12-10-19)27(31)29-24-8-4-5-20(15-24)17-28-26(30)18-32-25-14-13-21-6-2-3-7-23(21)16-25/h2-16H,17-18H2,1H3,(H,28,30)(H,29,31). The summed E-state index contributed by atoms with van der Waals surface area (Å²) in [5, 5.41) is 7.93. The fourth-order valence-electron chi connectivity index (χ4n) is 3.32. The Balaban J connectivity index is 1.29. The van der Waals surface area contributed by atoms with E-state index in [1.807, 2.05) is 85.8 Å². The highest BCUT2D eigenvalue weighted by Crippen LogP contribution is 2.20. The van der Waals surface area contributed by atoms with E-state index in [4.69, 9.17) is 4.74 Å². The van der Waals surface area contributed by atoms with Gasteiger partial charge in [0.1, 0.15) is 5.75 Å². The van der Waals surface area contributed by atoms with Crippen molar-refractivity contribution in [1.82, 2.24) is 5.32 Å². The number of ether oxygens (including phenoxy) is 1. The van der Waals surface area contributed by atoms with Crippen molar-refractivity contribution in [2.75, 3.05) is 11.9 Å². The lowest BCUT2D eigenvalue weighted by atomic mass is 10.1. The SMILES string of the molecule is Cc1ccc(C(=O)Nc2cccc(CNC(=O)COc3ccc4ccccc4c3)c2)cc1. The van der Waals surface area contributed by atoms with Gasteiger partial charge in [0, 0.05) is 17.8 Å². The van der Waals surface area contributed by atoms with E-state index in [0.29, 0.717) is 23.5 Å². The molecule has 0 atom stereocenters. The van der Waals surface area contributed by atoms with Crippen LogP contribution in [0.5, 0.6) is 5.75 Å². The second-order valence-corrected chi connectivity index (χ2v) is 7.59. The molecule has 4 rings (SSSR count). The van der Waals surface area contributed by atoms with Gasteiger partial charge in [-0.15, -0.1) is 0 Å². The van der Waals surface area contributed by atoms with Gasteiger partial charge >= 0.3 is 0 Å². The van der Waals surface area contributed by atoms with E-state index in [1.165, 1.54) is 0 Å². The van der Waals surface area contributed by atoms with Crippen molar-refractivity contribution < 1.29 is 14.3 Å². The van der Waals surface area contributed by atoms with E-state index in [-0.39, 0.29) is 18.4 Å². The molecule has 0 aliphatic carbocycles. The first-order valence-corrected chi connectivity index (χ1v) is 10.4. The maximum Gasteiger partial charge on any atom is 0.258 e. The van der Waals surface area contributed by atoms with Crippen molar-refractivity contribution >= 4 is 28.3 Å². The number of carbonyl (C=O) groups excluding carboxylic acids is 2. The Bertz CT molecular complexity index is 1250. The Morgan fingerprint density at radius 1 is 0.812 bits per heavy atom. The molecule has 0 aliphatic heterocycles. The van der Waals surface area contributed by atoms with Crippen molar-refractivity contribution in [3.05, 3.63) is 108 Å². The number of hydrogen-bond acceptors (Lipinski definition) is 3. The fraction of sp³-hybridized carbons (Fsp3) is 0.111. The molecule has 0 heterocycles. The number of amides is 2. The number of anilines is 1. The predicted octanol–water partition coefficient (Wildman–Crippen LogP) is 5.10. The predicted molar refractivity (Wildman–Crippen MR) is 127 cm³/mol. The van der Waals surface area contributed by atoms with Crippen LogP contribution in [0.3, 0.4) is 0 Å². The maximum absolute atomic E-state index is 12.4. The minimum absolute atomic E-state index is 0.0673. The maximum atomic E-state index is 12.4. The number of rotatable bonds is 7. The van der Waals surface area contributed by atoms with Crippen LogP contribution < -0.4 is 15.4 Å². The van der Waals surface area contributed by atoms with Crippen LogP contribution in [0.2, 0.25) is 0 Å². The highest BCUT2D eigenvalue weighted by molar-refractivity contribution is 6.04. The van der Waals surface area contributed by atoms with E-state index >= 15 is 0 Å². The number of hydrogen-bond donors (Lipinski definition) is 2. The first kappa shape index (κ1) is 21.1. The third-order valence-corrected chi connectivity index (χ3v) is 5.08. The van der Waals surface area contributed by atoms with Crippen LogP contribution in [0, 0.1) is 6.92 Å². The summed E-state index contributed by atoms with van der Waals surface area (Å²) in [6.45, 7) is 2.25. The molecule has 2 amide bonds. The molecular weight excluding hydrogens is 400 g/mol. The molecule has 4 aromatic carbocycles. The van der Waals surface area contributed by atoms with Gasteiger partial charge in [0.25, 0.3) is 11.8 Å². The summed E-state index contributed by atoms with van der Waals surface area (Å²) in [4.78, 5) is 24.6. The summed E-state index contributed by atoms with van der Waals surface area (Å²) in [7, 11) is 0.